The number of hydrogen-bond acceptors (Lipinski definition) is 4. The molecule has 1 saturated carbocycles. The molecule has 0 aliphatic heterocycles. The number of aliphatic carboxylic acids is 1. The summed E-state index contributed by atoms with van der Waals surface area (Å²) in [5.74, 6) is -1.14. The van der Waals surface area contributed by atoms with Crippen molar-refractivity contribution in [3.8, 4) is 5.88 Å². The standard InChI is InChI=1S/C13H16N2O4/c1-8(13(17)18)15(9-5-6-9)12(16)10-4-3-7-14-11(10)19-2/h3-4,7-9H,5-6H2,1-2H3,(H,17,18). The summed E-state index contributed by atoms with van der Waals surface area (Å²) >= 11 is 0. The van der Waals surface area contributed by atoms with E-state index < -0.39 is 12.0 Å². The van der Waals surface area contributed by atoms with Gasteiger partial charge in [0.1, 0.15) is 11.6 Å². The highest BCUT2D eigenvalue weighted by Gasteiger charge is 2.39. The van der Waals surface area contributed by atoms with Crippen LogP contribution in [-0.4, -0.2) is 46.1 Å². The van der Waals surface area contributed by atoms with Crippen molar-refractivity contribution in [1.29, 1.82) is 0 Å². The topological polar surface area (TPSA) is 79.7 Å². The zero-order valence-corrected chi connectivity index (χ0v) is 10.9. The molecule has 102 valence electrons. The van der Waals surface area contributed by atoms with Crippen LogP contribution in [0.1, 0.15) is 30.1 Å². The lowest BCUT2D eigenvalue weighted by Crippen LogP contribution is -2.44. The number of carboxylic acid groups (broad SMARTS) is 1. The second-order valence-corrected chi connectivity index (χ2v) is 4.52. The van der Waals surface area contributed by atoms with E-state index in [9.17, 15) is 9.59 Å². The summed E-state index contributed by atoms with van der Waals surface area (Å²) in [6.07, 6.45) is 3.20. The lowest BCUT2D eigenvalue weighted by Gasteiger charge is -2.26. The van der Waals surface area contributed by atoms with E-state index in [1.807, 2.05) is 0 Å². The smallest absolute Gasteiger partial charge is 0.326 e. The Kier molecular flexibility index (Phi) is 3.69. The normalized spacial score (nSPS) is 15.7. The van der Waals surface area contributed by atoms with Crippen LogP contribution >= 0.6 is 0 Å². The predicted octanol–water partition coefficient (Wildman–Crippen LogP) is 1.17. The van der Waals surface area contributed by atoms with E-state index in [2.05, 4.69) is 4.98 Å². The van der Waals surface area contributed by atoms with Crippen molar-refractivity contribution in [2.45, 2.75) is 31.8 Å². The van der Waals surface area contributed by atoms with Gasteiger partial charge >= 0.3 is 5.97 Å². The van der Waals surface area contributed by atoms with Gasteiger partial charge < -0.3 is 14.7 Å². The van der Waals surface area contributed by atoms with Crippen molar-refractivity contribution >= 4 is 11.9 Å². The first-order chi connectivity index (χ1) is 9.06. The monoisotopic (exact) mass is 264 g/mol. The van der Waals surface area contributed by atoms with E-state index in [0.29, 0.717) is 5.56 Å². The van der Waals surface area contributed by atoms with Crippen LogP contribution in [0.25, 0.3) is 0 Å². The van der Waals surface area contributed by atoms with Gasteiger partial charge in [0, 0.05) is 12.2 Å². The van der Waals surface area contributed by atoms with Crippen LogP contribution in [0, 0.1) is 0 Å². The average Bonchev–Trinajstić information content (AvgIpc) is 3.23. The molecule has 0 spiro atoms. The molecule has 0 radical (unpaired) electrons. The third-order valence-electron chi connectivity index (χ3n) is 3.14. The molecular formula is C13H16N2O4. The van der Waals surface area contributed by atoms with Crippen LogP contribution in [0.3, 0.4) is 0 Å². The van der Waals surface area contributed by atoms with E-state index in [1.165, 1.54) is 25.1 Å². The number of carboxylic acids is 1. The average molecular weight is 264 g/mol. The van der Waals surface area contributed by atoms with Gasteiger partial charge in [-0.1, -0.05) is 0 Å². The summed E-state index contributed by atoms with van der Waals surface area (Å²) in [6, 6.07) is 2.37. The number of nitrogens with zero attached hydrogens (tertiary/aromatic N) is 2. The largest absolute Gasteiger partial charge is 0.480 e. The Bertz CT molecular complexity index is 499. The molecule has 1 aromatic rings. The first-order valence-electron chi connectivity index (χ1n) is 6.10. The number of pyridine rings is 1. The van der Waals surface area contributed by atoms with Gasteiger partial charge in [0.05, 0.1) is 7.11 Å². The Morgan fingerprint density at radius 1 is 1.53 bits per heavy atom. The van der Waals surface area contributed by atoms with E-state index in [0.717, 1.165) is 12.8 Å². The minimum Gasteiger partial charge on any atom is -0.480 e. The summed E-state index contributed by atoms with van der Waals surface area (Å²) in [5.41, 5.74) is 0.296. The Morgan fingerprint density at radius 3 is 2.74 bits per heavy atom. The van der Waals surface area contributed by atoms with Crippen LogP contribution in [0.5, 0.6) is 5.88 Å². The number of methoxy groups -OCH3 is 1. The molecule has 1 aliphatic carbocycles. The fraction of sp³-hybridized carbons (Fsp3) is 0.462. The molecule has 6 heteroatoms. The van der Waals surface area contributed by atoms with Gasteiger partial charge in [-0.3, -0.25) is 4.79 Å². The van der Waals surface area contributed by atoms with Crippen LogP contribution in [0.15, 0.2) is 18.3 Å². The Balaban J connectivity index is 2.31. The third kappa shape index (κ3) is 2.67. The molecule has 0 bridgehead atoms. The van der Waals surface area contributed by atoms with Gasteiger partial charge in [-0.05, 0) is 31.9 Å². The van der Waals surface area contributed by atoms with Gasteiger partial charge in [-0.15, -0.1) is 0 Å². The quantitative estimate of drug-likeness (QED) is 0.863. The lowest BCUT2D eigenvalue weighted by molar-refractivity contribution is -0.141. The minimum absolute atomic E-state index is 0.00325. The summed E-state index contributed by atoms with van der Waals surface area (Å²) < 4.78 is 5.05. The number of rotatable bonds is 5. The molecule has 1 fully saturated rings. The Morgan fingerprint density at radius 2 is 2.21 bits per heavy atom. The van der Waals surface area contributed by atoms with Crippen LogP contribution in [0.2, 0.25) is 0 Å². The van der Waals surface area contributed by atoms with Gasteiger partial charge in [-0.25, -0.2) is 9.78 Å². The predicted molar refractivity (Wildman–Crippen MR) is 67.1 cm³/mol. The number of ether oxygens (including phenoxy) is 1. The van der Waals surface area contributed by atoms with Crippen molar-refractivity contribution < 1.29 is 19.4 Å². The number of amides is 1. The molecule has 6 nitrogen and oxygen atoms in total. The Hall–Kier alpha value is -2.11. The summed E-state index contributed by atoms with van der Waals surface area (Å²) in [6.45, 7) is 1.52. The van der Waals surface area contributed by atoms with Gasteiger partial charge in [0.25, 0.3) is 5.91 Å². The Labute approximate surface area is 111 Å². The number of carbonyl (C=O) groups is 2. The highest BCUT2D eigenvalue weighted by Crippen LogP contribution is 2.31. The highest BCUT2D eigenvalue weighted by molar-refractivity contribution is 5.98. The van der Waals surface area contributed by atoms with Crippen molar-refractivity contribution in [3.63, 3.8) is 0 Å². The third-order valence-corrected chi connectivity index (χ3v) is 3.14. The molecule has 2 rings (SSSR count). The van der Waals surface area contributed by atoms with Crippen molar-refractivity contribution in [3.05, 3.63) is 23.9 Å². The molecular weight excluding hydrogens is 248 g/mol. The van der Waals surface area contributed by atoms with Gasteiger partial charge in [-0.2, -0.15) is 0 Å². The van der Waals surface area contributed by atoms with Crippen molar-refractivity contribution in [1.82, 2.24) is 9.88 Å². The van der Waals surface area contributed by atoms with E-state index in [4.69, 9.17) is 9.84 Å². The fourth-order valence-corrected chi connectivity index (χ4v) is 1.98. The van der Waals surface area contributed by atoms with Crippen molar-refractivity contribution in [2.75, 3.05) is 7.11 Å². The second kappa shape index (κ2) is 5.26. The molecule has 19 heavy (non-hydrogen) atoms. The molecule has 1 amide bonds. The molecule has 0 aromatic carbocycles. The molecule has 1 atom stereocenters. The molecule has 1 aliphatic rings. The highest BCUT2D eigenvalue weighted by atomic mass is 16.5. The van der Waals surface area contributed by atoms with Gasteiger partial charge in [0.15, 0.2) is 0 Å². The maximum atomic E-state index is 12.5. The van der Waals surface area contributed by atoms with E-state index in [1.54, 1.807) is 12.1 Å². The second-order valence-electron chi connectivity index (χ2n) is 4.52. The first kappa shape index (κ1) is 13.3. The van der Waals surface area contributed by atoms with Crippen LogP contribution in [0.4, 0.5) is 0 Å². The van der Waals surface area contributed by atoms with E-state index in [-0.39, 0.29) is 17.8 Å². The number of hydrogen-bond donors (Lipinski definition) is 1. The fourth-order valence-electron chi connectivity index (χ4n) is 1.98. The lowest BCUT2D eigenvalue weighted by atomic mass is 10.2. The molecule has 1 unspecified atom stereocenters. The molecule has 1 aromatic heterocycles. The van der Waals surface area contributed by atoms with Crippen LogP contribution < -0.4 is 4.74 Å². The SMILES string of the molecule is COc1ncccc1C(=O)N(C1CC1)C(C)C(=O)O. The molecule has 1 N–H and O–H groups in total. The summed E-state index contributed by atoms with van der Waals surface area (Å²) in [7, 11) is 1.43. The first-order valence-corrected chi connectivity index (χ1v) is 6.10. The number of carbonyl (C=O) groups excluding carboxylic acids is 1. The maximum Gasteiger partial charge on any atom is 0.326 e. The summed E-state index contributed by atoms with van der Waals surface area (Å²) in [5, 5.41) is 9.11. The minimum atomic E-state index is -1.01. The zero-order chi connectivity index (χ0) is 14.0. The summed E-state index contributed by atoms with van der Waals surface area (Å²) in [4.78, 5) is 29.0. The zero-order valence-electron chi connectivity index (χ0n) is 10.9. The molecule has 1 heterocycles. The van der Waals surface area contributed by atoms with Crippen LogP contribution in [-0.2, 0) is 4.79 Å². The molecule has 0 saturated heterocycles. The van der Waals surface area contributed by atoms with E-state index >= 15 is 0 Å². The maximum absolute atomic E-state index is 12.5. The number of aromatic nitrogens is 1. The van der Waals surface area contributed by atoms with Gasteiger partial charge in [0.2, 0.25) is 5.88 Å². The van der Waals surface area contributed by atoms with Crippen molar-refractivity contribution in [2.24, 2.45) is 0 Å².